The minimum Gasteiger partial charge on any atom is -0.444 e. The summed E-state index contributed by atoms with van der Waals surface area (Å²) in [6.45, 7) is 6.68. The van der Waals surface area contributed by atoms with Gasteiger partial charge >= 0.3 is 6.09 Å². The summed E-state index contributed by atoms with van der Waals surface area (Å²) in [6.07, 6.45) is 0.994. The van der Waals surface area contributed by atoms with E-state index in [0.29, 0.717) is 25.9 Å². The van der Waals surface area contributed by atoms with Crippen LogP contribution in [0.3, 0.4) is 0 Å². The molecule has 0 aliphatic carbocycles. The second kappa shape index (κ2) is 5.49. The van der Waals surface area contributed by atoms with E-state index in [0.717, 1.165) is 0 Å². The molecule has 1 fully saturated rings. The number of amides is 1. The molecule has 1 rings (SSSR count). The van der Waals surface area contributed by atoms with Gasteiger partial charge < -0.3 is 15.4 Å². The molecule has 0 saturated carbocycles. The molecular formula is C12H22N2O3. The van der Waals surface area contributed by atoms with Gasteiger partial charge in [0.1, 0.15) is 5.60 Å². The first-order valence-electron chi connectivity index (χ1n) is 6.04. The van der Waals surface area contributed by atoms with Crippen LogP contribution in [0.15, 0.2) is 0 Å². The average Bonchev–Trinajstić information content (AvgIpc) is 2.18. The Morgan fingerprint density at radius 2 is 2.18 bits per heavy atom. The molecule has 1 atom stereocenters. The van der Waals surface area contributed by atoms with E-state index in [1.165, 1.54) is 4.90 Å². The van der Waals surface area contributed by atoms with Crippen molar-refractivity contribution < 1.29 is 14.3 Å². The smallest absolute Gasteiger partial charge is 0.410 e. The highest BCUT2D eigenvalue weighted by Gasteiger charge is 2.31. The largest absolute Gasteiger partial charge is 0.444 e. The number of hydrogen-bond donors (Lipinski definition) is 1. The molecule has 98 valence electrons. The number of ether oxygens (including phenoxy) is 1. The second-order valence-corrected chi connectivity index (χ2v) is 5.43. The number of piperidine rings is 1. The van der Waals surface area contributed by atoms with E-state index >= 15 is 0 Å². The predicted molar refractivity (Wildman–Crippen MR) is 64.6 cm³/mol. The van der Waals surface area contributed by atoms with E-state index < -0.39 is 11.7 Å². The van der Waals surface area contributed by atoms with Crippen molar-refractivity contribution >= 4 is 11.9 Å². The van der Waals surface area contributed by atoms with Gasteiger partial charge in [-0.3, -0.25) is 4.79 Å². The molecule has 1 saturated heterocycles. The van der Waals surface area contributed by atoms with Crippen LogP contribution in [0.5, 0.6) is 0 Å². The minimum absolute atomic E-state index is 0.0127. The van der Waals surface area contributed by atoms with E-state index in [9.17, 15) is 9.59 Å². The molecular weight excluding hydrogens is 220 g/mol. The maximum absolute atomic E-state index is 11.8. The standard InChI is InChI=1S/C12H22N2O3/c1-12(2,3)17-11(16)14-7-5-9(4-6-13)10(15)8-14/h9H,4-8,13H2,1-3H3. The van der Waals surface area contributed by atoms with Crippen LogP contribution in [-0.2, 0) is 9.53 Å². The molecule has 0 radical (unpaired) electrons. The summed E-state index contributed by atoms with van der Waals surface area (Å²) in [4.78, 5) is 25.0. The summed E-state index contributed by atoms with van der Waals surface area (Å²) < 4.78 is 5.23. The van der Waals surface area contributed by atoms with Crippen molar-refractivity contribution in [3.8, 4) is 0 Å². The highest BCUT2D eigenvalue weighted by molar-refractivity contribution is 5.87. The lowest BCUT2D eigenvalue weighted by atomic mass is 9.92. The van der Waals surface area contributed by atoms with Crippen molar-refractivity contribution in [2.45, 2.75) is 39.2 Å². The highest BCUT2D eigenvalue weighted by Crippen LogP contribution is 2.19. The third-order valence-corrected chi connectivity index (χ3v) is 2.72. The predicted octanol–water partition coefficient (Wildman–Crippen LogP) is 1.16. The van der Waals surface area contributed by atoms with Gasteiger partial charge in [0, 0.05) is 12.5 Å². The average molecular weight is 242 g/mol. The van der Waals surface area contributed by atoms with Gasteiger partial charge in [-0.1, -0.05) is 0 Å². The molecule has 0 aromatic rings. The molecule has 0 spiro atoms. The van der Waals surface area contributed by atoms with Crippen molar-refractivity contribution in [1.29, 1.82) is 0 Å². The Morgan fingerprint density at radius 3 is 2.65 bits per heavy atom. The molecule has 5 nitrogen and oxygen atoms in total. The Hall–Kier alpha value is -1.10. The summed E-state index contributed by atoms with van der Waals surface area (Å²) in [6, 6.07) is 0. The van der Waals surface area contributed by atoms with E-state index in [2.05, 4.69) is 0 Å². The Morgan fingerprint density at radius 1 is 1.53 bits per heavy atom. The quantitative estimate of drug-likeness (QED) is 0.788. The molecule has 0 aromatic heterocycles. The first kappa shape index (κ1) is 14.0. The second-order valence-electron chi connectivity index (χ2n) is 5.43. The number of hydrogen-bond acceptors (Lipinski definition) is 4. The number of carbonyl (C=O) groups excluding carboxylic acids is 2. The topological polar surface area (TPSA) is 72.6 Å². The monoisotopic (exact) mass is 242 g/mol. The fraction of sp³-hybridized carbons (Fsp3) is 0.833. The zero-order valence-corrected chi connectivity index (χ0v) is 10.9. The maximum Gasteiger partial charge on any atom is 0.410 e. The molecule has 17 heavy (non-hydrogen) atoms. The van der Waals surface area contributed by atoms with Crippen molar-refractivity contribution in [1.82, 2.24) is 4.90 Å². The Kier molecular flexibility index (Phi) is 4.51. The third kappa shape index (κ3) is 4.34. The van der Waals surface area contributed by atoms with Gasteiger partial charge in [0.2, 0.25) is 0 Å². The molecule has 1 aliphatic rings. The van der Waals surface area contributed by atoms with Crippen LogP contribution in [-0.4, -0.2) is 42.0 Å². The van der Waals surface area contributed by atoms with Gasteiger partial charge in [-0.25, -0.2) is 4.79 Å². The van der Waals surface area contributed by atoms with E-state index in [-0.39, 0.29) is 18.2 Å². The van der Waals surface area contributed by atoms with Crippen LogP contribution >= 0.6 is 0 Å². The molecule has 1 amide bonds. The van der Waals surface area contributed by atoms with Gasteiger partial charge in [-0.15, -0.1) is 0 Å². The van der Waals surface area contributed by atoms with Crippen molar-refractivity contribution in [3.05, 3.63) is 0 Å². The number of nitrogens with zero attached hydrogens (tertiary/aromatic N) is 1. The molecule has 2 N–H and O–H groups in total. The van der Waals surface area contributed by atoms with Gasteiger partial charge in [0.15, 0.2) is 5.78 Å². The first-order chi connectivity index (χ1) is 7.83. The fourth-order valence-corrected chi connectivity index (χ4v) is 1.86. The molecule has 1 aliphatic heterocycles. The SMILES string of the molecule is CC(C)(C)OC(=O)N1CCC(CCN)C(=O)C1. The number of carbonyl (C=O) groups is 2. The van der Waals surface area contributed by atoms with Crippen LogP contribution in [0, 0.1) is 5.92 Å². The molecule has 0 bridgehead atoms. The number of nitrogens with two attached hydrogens (primary N) is 1. The van der Waals surface area contributed by atoms with Crippen molar-refractivity contribution in [2.24, 2.45) is 11.7 Å². The minimum atomic E-state index is -0.520. The highest BCUT2D eigenvalue weighted by atomic mass is 16.6. The Labute approximate surface area is 102 Å². The lowest BCUT2D eigenvalue weighted by Crippen LogP contribution is -2.46. The normalized spacial score (nSPS) is 21.5. The number of Topliss-reactive ketones (excluding diaryl/α,β-unsaturated/α-hetero) is 1. The molecule has 0 aromatic carbocycles. The molecule has 5 heteroatoms. The van der Waals surface area contributed by atoms with Crippen LogP contribution in [0.25, 0.3) is 0 Å². The summed E-state index contributed by atoms with van der Waals surface area (Å²) >= 11 is 0. The lowest BCUT2D eigenvalue weighted by Gasteiger charge is -2.32. The van der Waals surface area contributed by atoms with E-state index in [1.54, 1.807) is 0 Å². The van der Waals surface area contributed by atoms with Crippen LogP contribution in [0.4, 0.5) is 4.79 Å². The summed E-state index contributed by atoms with van der Waals surface area (Å²) in [7, 11) is 0. The van der Waals surface area contributed by atoms with Crippen LogP contribution < -0.4 is 5.73 Å². The number of likely N-dealkylation sites (tertiary alicyclic amines) is 1. The molecule has 1 heterocycles. The van der Waals surface area contributed by atoms with Crippen molar-refractivity contribution in [3.63, 3.8) is 0 Å². The summed E-state index contributed by atoms with van der Waals surface area (Å²) in [5.41, 5.74) is 4.92. The van der Waals surface area contributed by atoms with Gasteiger partial charge in [0.25, 0.3) is 0 Å². The van der Waals surface area contributed by atoms with Gasteiger partial charge in [-0.05, 0) is 40.2 Å². The van der Waals surface area contributed by atoms with Gasteiger partial charge in [0.05, 0.1) is 6.54 Å². The fourth-order valence-electron chi connectivity index (χ4n) is 1.86. The Balaban J connectivity index is 2.49. The summed E-state index contributed by atoms with van der Waals surface area (Å²) in [5, 5.41) is 0. The molecule has 1 unspecified atom stereocenters. The van der Waals surface area contributed by atoms with E-state index in [1.807, 2.05) is 20.8 Å². The van der Waals surface area contributed by atoms with Crippen molar-refractivity contribution in [2.75, 3.05) is 19.6 Å². The first-order valence-corrected chi connectivity index (χ1v) is 6.04. The maximum atomic E-state index is 11.8. The number of rotatable bonds is 2. The van der Waals surface area contributed by atoms with Crippen LogP contribution in [0.2, 0.25) is 0 Å². The zero-order chi connectivity index (χ0) is 13.1. The zero-order valence-electron chi connectivity index (χ0n) is 10.9. The van der Waals surface area contributed by atoms with E-state index in [4.69, 9.17) is 10.5 Å². The summed E-state index contributed by atoms with van der Waals surface area (Å²) in [5.74, 6) is 0.103. The van der Waals surface area contributed by atoms with Gasteiger partial charge in [-0.2, -0.15) is 0 Å². The number of ketones is 1. The van der Waals surface area contributed by atoms with Crippen LogP contribution in [0.1, 0.15) is 33.6 Å². The lowest BCUT2D eigenvalue weighted by molar-refractivity contribution is -0.126. The Bertz CT molecular complexity index is 297. The third-order valence-electron chi connectivity index (χ3n) is 2.72.